The molecule has 2 aromatic rings. The highest BCUT2D eigenvalue weighted by Crippen LogP contribution is 2.30. The molecule has 1 aromatic carbocycles. The predicted molar refractivity (Wildman–Crippen MR) is 112 cm³/mol. The third kappa shape index (κ3) is 5.90. The third-order valence-corrected chi connectivity index (χ3v) is 5.18. The first-order chi connectivity index (χ1) is 14.0. The number of carbonyl (C=O) groups is 2. The Morgan fingerprint density at radius 1 is 1.14 bits per heavy atom. The lowest BCUT2D eigenvalue weighted by molar-refractivity contribution is -0.117. The number of pyridine rings is 1. The summed E-state index contributed by atoms with van der Waals surface area (Å²) < 4.78 is 4.75. The van der Waals surface area contributed by atoms with Gasteiger partial charge >= 0.3 is 5.97 Å². The lowest BCUT2D eigenvalue weighted by Gasteiger charge is -2.34. The van der Waals surface area contributed by atoms with E-state index >= 15 is 0 Å². The summed E-state index contributed by atoms with van der Waals surface area (Å²) in [6, 6.07) is 8.79. The van der Waals surface area contributed by atoms with Gasteiger partial charge in [0.1, 0.15) is 0 Å². The molecule has 0 bridgehead atoms. The SMILES string of the molecule is COC(=O)c1cc(Cl)cc(Cl)c1NC(=O)CN1CCN(Cc2ccccn2)CC1. The van der Waals surface area contributed by atoms with Crippen LogP contribution in [0, 0.1) is 0 Å². The normalized spacial score (nSPS) is 15.1. The van der Waals surface area contributed by atoms with Crippen LogP contribution in [-0.4, -0.2) is 66.5 Å². The van der Waals surface area contributed by atoms with E-state index in [1.165, 1.54) is 19.2 Å². The van der Waals surface area contributed by atoms with Crippen molar-refractivity contribution in [3.8, 4) is 0 Å². The third-order valence-electron chi connectivity index (χ3n) is 4.67. The van der Waals surface area contributed by atoms with E-state index in [9.17, 15) is 9.59 Å². The van der Waals surface area contributed by atoms with Gasteiger partial charge in [0, 0.05) is 43.9 Å². The Morgan fingerprint density at radius 2 is 1.86 bits per heavy atom. The van der Waals surface area contributed by atoms with Crippen LogP contribution < -0.4 is 5.32 Å². The molecule has 154 valence electrons. The fraction of sp³-hybridized carbons (Fsp3) is 0.350. The van der Waals surface area contributed by atoms with Gasteiger partial charge in [-0.25, -0.2) is 4.79 Å². The second-order valence-electron chi connectivity index (χ2n) is 6.72. The number of piperazine rings is 1. The minimum absolute atomic E-state index is 0.124. The van der Waals surface area contributed by atoms with Crippen LogP contribution in [0.2, 0.25) is 10.0 Å². The van der Waals surface area contributed by atoms with Crippen molar-refractivity contribution < 1.29 is 14.3 Å². The summed E-state index contributed by atoms with van der Waals surface area (Å²) in [5, 5.41) is 3.20. The lowest BCUT2D eigenvalue weighted by atomic mass is 10.1. The average molecular weight is 437 g/mol. The van der Waals surface area contributed by atoms with Crippen molar-refractivity contribution >= 4 is 40.8 Å². The average Bonchev–Trinajstić information content (AvgIpc) is 2.71. The number of aromatic nitrogens is 1. The molecule has 1 saturated heterocycles. The number of hydrogen-bond donors (Lipinski definition) is 1. The van der Waals surface area contributed by atoms with E-state index in [0.29, 0.717) is 0 Å². The van der Waals surface area contributed by atoms with Crippen LogP contribution in [0.1, 0.15) is 16.1 Å². The maximum Gasteiger partial charge on any atom is 0.340 e. The smallest absolute Gasteiger partial charge is 0.340 e. The first-order valence-electron chi connectivity index (χ1n) is 9.18. The number of halogens is 2. The fourth-order valence-electron chi connectivity index (χ4n) is 3.18. The Balaban J connectivity index is 1.55. The Kier molecular flexibility index (Phi) is 7.44. The van der Waals surface area contributed by atoms with Crippen molar-refractivity contribution in [2.45, 2.75) is 6.54 Å². The molecule has 1 amide bonds. The van der Waals surface area contributed by atoms with Crippen molar-refractivity contribution in [3.63, 3.8) is 0 Å². The molecule has 0 atom stereocenters. The summed E-state index contributed by atoms with van der Waals surface area (Å²) in [5.41, 5.74) is 1.37. The molecule has 0 radical (unpaired) electrons. The van der Waals surface area contributed by atoms with Gasteiger partial charge in [0.25, 0.3) is 0 Å². The Morgan fingerprint density at radius 3 is 2.52 bits per heavy atom. The van der Waals surface area contributed by atoms with Crippen LogP contribution >= 0.6 is 23.2 Å². The van der Waals surface area contributed by atoms with Crippen LogP contribution in [0.15, 0.2) is 36.5 Å². The number of nitrogens with one attached hydrogen (secondary N) is 1. The van der Waals surface area contributed by atoms with Crippen LogP contribution in [0.3, 0.4) is 0 Å². The minimum atomic E-state index is -0.618. The quantitative estimate of drug-likeness (QED) is 0.701. The van der Waals surface area contributed by atoms with Gasteiger partial charge in [-0.2, -0.15) is 0 Å². The summed E-state index contributed by atoms with van der Waals surface area (Å²) in [6.45, 7) is 4.22. The molecular formula is C20H22Cl2N4O3. The van der Waals surface area contributed by atoms with Crippen LogP contribution in [0.4, 0.5) is 5.69 Å². The molecule has 7 nitrogen and oxygen atoms in total. The lowest BCUT2D eigenvalue weighted by Crippen LogP contribution is -2.48. The first kappa shape index (κ1) is 21.5. The standard InChI is InChI=1S/C20H22Cl2N4O3/c1-29-20(28)16-10-14(21)11-17(22)19(16)24-18(27)13-26-8-6-25(7-9-26)12-15-4-2-3-5-23-15/h2-5,10-11H,6-9,12-13H2,1H3,(H,24,27). The molecule has 1 N–H and O–H groups in total. The van der Waals surface area contributed by atoms with Crippen LogP contribution in [0.25, 0.3) is 0 Å². The van der Waals surface area contributed by atoms with Crippen molar-refractivity contribution in [1.29, 1.82) is 0 Å². The Labute approximate surface area is 179 Å². The van der Waals surface area contributed by atoms with E-state index in [0.717, 1.165) is 38.4 Å². The predicted octanol–water partition coefficient (Wildman–Crippen LogP) is 2.93. The molecule has 1 aromatic heterocycles. The number of rotatable bonds is 6. The zero-order chi connectivity index (χ0) is 20.8. The molecule has 2 heterocycles. The molecule has 1 aliphatic rings. The molecule has 0 saturated carbocycles. The number of benzene rings is 1. The number of amides is 1. The number of anilines is 1. The van der Waals surface area contributed by atoms with Crippen molar-refractivity contribution in [3.05, 3.63) is 57.8 Å². The number of methoxy groups -OCH3 is 1. The minimum Gasteiger partial charge on any atom is -0.465 e. The van der Waals surface area contributed by atoms with Gasteiger partial charge in [-0.3, -0.25) is 19.6 Å². The largest absolute Gasteiger partial charge is 0.465 e. The molecule has 0 unspecified atom stereocenters. The summed E-state index contributed by atoms with van der Waals surface area (Å²) in [6.07, 6.45) is 1.79. The van der Waals surface area contributed by atoms with E-state index in [2.05, 4.69) is 20.1 Å². The molecule has 29 heavy (non-hydrogen) atoms. The monoisotopic (exact) mass is 436 g/mol. The van der Waals surface area contributed by atoms with Gasteiger partial charge in [0.05, 0.1) is 35.6 Å². The van der Waals surface area contributed by atoms with E-state index < -0.39 is 5.97 Å². The molecule has 1 aliphatic heterocycles. The highest BCUT2D eigenvalue weighted by atomic mass is 35.5. The summed E-state index contributed by atoms with van der Waals surface area (Å²) in [7, 11) is 1.26. The molecule has 0 aliphatic carbocycles. The van der Waals surface area contributed by atoms with Gasteiger partial charge in [0.15, 0.2) is 0 Å². The van der Waals surface area contributed by atoms with Gasteiger partial charge in [-0.1, -0.05) is 29.3 Å². The van der Waals surface area contributed by atoms with Crippen LogP contribution in [-0.2, 0) is 16.1 Å². The molecular weight excluding hydrogens is 415 g/mol. The van der Waals surface area contributed by atoms with Gasteiger partial charge < -0.3 is 10.1 Å². The fourth-order valence-corrected chi connectivity index (χ4v) is 3.72. The number of carbonyl (C=O) groups excluding carboxylic acids is 2. The van der Waals surface area contributed by atoms with E-state index in [4.69, 9.17) is 27.9 Å². The van der Waals surface area contributed by atoms with Crippen molar-refractivity contribution in [2.24, 2.45) is 0 Å². The second-order valence-corrected chi connectivity index (χ2v) is 7.57. The second kappa shape index (κ2) is 10.0. The Bertz CT molecular complexity index is 872. The number of esters is 1. The maximum atomic E-state index is 12.5. The molecule has 0 spiro atoms. The van der Waals surface area contributed by atoms with Gasteiger partial charge in [-0.05, 0) is 24.3 Å². The highest BCUT2D eigenvalue weighted by molar-refractivity contribution is 6.37. The molecule has 1 fully saturated rings. The highest BCUT2D eigenvalue weighted by Gasteiger charge is 2.22. The van der Waals surface area contributed by atoms with Gasteiger partial charge in [-0.15, -0.1) is 0 Å². The summed E-state index contributed by atoms with van der Waals surface area (Å²) in [5.74, 6) is -0.870. The first-order valence-corrected chi connectivity index (χ1v) is 9.93. The molecule has 3 rings (SSSR count). The van der Waals surface area contributed by atoms with Crippen LogP contribution in [0.5, 0.6) is 0 Å². The van der Waals surface area contributed by atoms with E-state index in [1.807, 2.05) is 18.2 Å². The zero-order valence-corrected chi connectivity index (χ0v) is 17.5. The molecule has 9 heteroatoms. The number of ether oxygens (including phenoxy) is 1. The number of hydrogen-bond acceptors (Lipinski definition) is 6. The topological polar surface area (TPSA) is 74.8 Å². The van der Waals surface area contributed by atoms with E-state index in [1.54, 1.807) is 6.20 Å². The number of nitrogens with zero attached hydrogens (tertiary/aromatic N) is 3. The Hall–Kier alpha value is -2.19. The maximum absolute atomic E-state index is 12.5. The van der Waals surface area contributed by atoms with E-state index in [-0.39, 0.29) is 33.7 Å². The van der Waals surface area contributed by atoms with Crippen molar-refractivity contribution in [1.82, 2.24) is 14.8 Å². The van der Waals surface area contributed by atoms with Crippen molar-refractivity contribution in [2.75, 3.05) is 45.2 Å². The van der Waals surface area contributed by atoms with Gasteiger partial charge in [0.2, 0.25) is 5.91 Å². The summed E-state index contributed by atoms with van der Waals surface area (Å²) in [4.78, 5) is 33.2. The summed E-state index contributed by atoms with van der Waals surface area (Å²) >= 11 is 12.2. The zero-order valence-electron chi connectivity index (χ0n) is 16.0.